The van der Waals surface area contributed by atoms with Gasteiger partial charge in [0.25, 0.3) is 0 Å². The van der Waals surface area contributed by atoms with E-state index in [1.807, 2.05) is 6.92 Å². The van der Waals surface area contributed by atoms with E-state index in [1.165, 1.54) is 12.8 Å². The van der Waals surface area contributed by atoms with Crippen LogP contribution in [0.1, 0.15) is 52.9 Å². The predicted molar refractivity (Wildman–Crippen MR) is 67.7 cm³/mol. The fraction of sp³-hybridized carbons (Fsp3) is 0.929. The topological polar surface area (TPSA) is 38.3 Å². The molecule has 2 aliphatic rings. The second kappa shape index (κ2) is 4.60. The number of carbonyl (C=O) groups is 1. The van der Waals surface area contributed by atoms with Crippen LogP contribution in [0.25, 0.3) is 0 Å². The van der Waals surface area contributed by atoms with Crippen LogP contribution in [0.4, 0.5) is 0 Å². The van der Waals surface area contributed by atoms with Crippen molar-refractivity contribution < 1.29 is 9.53 Å². The lowest BCUT2D eigenvalue weighted by Crippen LogP contribution is -2.52. The molecule has 2 rings (SSSR count). The minimum absolute atomic E-state index is 0.0359. The van der Waals surface area contributed by atoms with Crippen molar-refractivity contribution in [2.45, 2.75) is 58.4 Å². The lowest BCUT2D eigenvalue weighted by atomic mass is 9.87. The van der Waals surface area contributed by atoms with Crippen LogP contribution in [-0.4, -0.2) is 24.7 Å². The minimum Gasteiger partial charge on any atom is -0.465 e. The predicted octanol–water partition coefficient (Wildman–Crippen LogP) is 2.50. The number of nitrogens with one attached hydrogen (secondary N) is 1. The fourth-order valence-corrected chi connectivity index (χ4v) is 2.87. The van der Waals surface area contributed by atoms with Gasteiger partial charge in [0.05, 0.1) is 6.61 Å². The summed E-state index contributed by atoms with van der Waals surface area (Å²) in [6.45, 7) is 7.83. The number of ether oxygens (including phenoxy) is 1. The Kier molecular flexibility index (Phi) is 3.48. The number of hydrogen-bond donors (Lipinski definition) is 1. The summed E-state index contributed by atoms with van der Waals surface area (Å²) in [6, 6.07) is 0. The molecule has 2 aliphatic carbocycles. The summed E-state index contributed by atoms with van der Waals surface area (Å²) in [5.41, 5.74) is -0.147. The molecule has 2 fully saturated rings. The van der Waals surface area contributed by atoms with Gasteiger partial charge in [-0.1, -0.05) is 13.8 Å². The van der Waals surface area contributed by atoms with Crippen LogP contribution in [0.2, 0.25) is 0 Å². The first-order valence-corrected chi connectivity index (χ1v) is 6.90. The van der Waals surface area contributed by atoms with Gasteiger partial charge in [0.15, 0.2) is 0 Å². The zero-order valence-corrected chi connectivity index (χ0v) is 11.3. The molecule has 0 saturated heterocycles. The van der Waals surface area contributed by atoms with Crippen LogP contribution < -0.4 is 5.32 Å². The van der Waals surface area contributed by atoms with Gasteiger partial charge in [-0.3, -0.25) is 4.79 Å². The third-order valence-electron chi connectivity index (χ3n) is 4.10. The Labute approximate surface area is 104 Å². The monoisotopic (exact) mass is 239 g/mol. The van der Waals surface area contributed by atoms with Crippen molar-refractivity contribution in [2.24, 2.45) is 11.3 Å². The Balaban J connectivity index is 2.02. The van der Waals surface area contributed by atoms with Gasteiger partial charge in [0.1, 0.15) is 5.54 Å². The number of rotatable bonds is 5. The maximum absolute atomic E-state index is 12.2. The standard InChI is InChI=1S/C14H25NO2/c1-4-17-12(16)14(15-9-11-5-6-11)8-7-13(2,3)10-14/h11,15H,4-10H2,1-3H3. The van der Waals surface area contributed by atoms with Gasteiger partial charge in [-0.25, -0.2) is 0 Å². The Morgan fingerprint density at radius 3 is 2.53 bits per heavy atom. The lowest BCUT2D eigenvalue weighted by Gasteiger charge is -2.30. The molecule has 1 unspecified atom stereocenters. The molecule has 0 heterocycles. The Morgan fingerprint density at radius 2 is 2.06 bits per heavy atom. The first-order chi connectivity index (χ1) is 7.97. The SMILES string of the molecule is CCOC(=O)C1(NCC2CC2)CCC(C)(C)C1. The van der Waals surface area contributed by atoms with Crippen molar-refractivity contribution in [2.75, 3.05) is 13.2 Å². The Morgan fingerprint density at radius 1 is 1.35 bits per heavy atom. The van der Waals surface area contributed by atoms with Gasteiger partial charge in [-0.15, -0.1) is 0 Å². The number of carbonyl (C=O) groups excluding carboxylic acids is 1. The van der Waals surface area contributed by atoms with E-state index in [2.05, 4.69) is 19.2 Å². The molecule has 1 atom stereocenters. The van der Waals surface area contributed by atoms with E-state index in [1.54, 1.807) is 0 Å². The van der Waals surface area contributed by atoms with E-state index in [9.17, 15) is 4.79 Å². The highest BCUT2D eigenvalue weighted by Gasteiger charge is 2.49. The van der Waals surface area contributed by atoms with E-state index in [0.29, 0.717) is 6.61 Å². The smallest absolute Gasteiger partial charge is 0.326 e. The maximum Gasteiger partial charge on any atom is 0.326 e. The highest BCUT2D eigenvalue weighted by atomic mass is 16.5. The van der Waals surface area contributed by atoms with Crippen molar-refractivity contribution in [3.63, 3.8) is 0 Å². The molecule has 17 heavy (non-hydrogen) atoms. The molecule has 3 nitrogen and oxygen atoms in total. The third-order valence-corrected chi connectivity index (χ3v) is 4.10. The zero-order valence-electron chi connectivity index (χ0n) is 11.3. The first-order valence-electron chi connectivity index (χ1n) is 6.90. The van der Waals surface area contributed by atoms with Crippen LogP contribution in [0.5, 0.6) is 0 Å². The van der Waals surface area contributed by atoms with Crippen LogP contribution in [0.15, 0.2) is 0 Å². The molecule has 0 bridgehead atoms. The van der Waals surface area contributed by atoms with Crippen LogP contribution in [0, 0.1) is 11.3 Å². The first kappa shape index (κ1) is 12.9. The quantitative estimate of drug-likeness (QED) is 0.749. The number of hydrogen-bond acceptors (Lipinski definition) is 3. The van der Waals surface area contributed by atoms with Crippen LogP contribution in [-0.2, 0) is 9.53 Å². The Bertz CT molecular complexity index is 297. The summed E-state index contributed by atoms with van der Waals surface area (Å²) < 4.78 is 5.27. The van der Waals surface area contributed by atoms with Crippen molar-refractivity contribution in [1.29, 1.82) is 0 Å². The van der Waals surface area contributed by atoms with Gasteiger partial charge >= 0.3 is 5.97 Å². The van der Waals surface area contributed by atoms with Gasteiger partial charge in [0, 0.05) is 0 Å². The molecule has 98 valence electrons. The van der Waals surface area contributed by atoms with Gasteiger partial charge < -0.3 is 10.1 Å². The van der Waals surface area contributed by atoms with E-state index < -0.39 is 5.54 Å². The van der Waals surface area contributed by atoms with Crippen molar-refractivity contribution in [3.8, 4) is 0 Å². The molecular weight excluding hydrogens is 214 g/mol. The normalized spacial score (nSPS) is 31.5. The average Bonchev–Trinajstić information content (AvgIpc) is 3.02. The van der Waals surface area contributed by atoms with E-state index in [-0.39, 0.29) is 11.4 Å². The molecule has 3 heteroatoms. The average molecular weight is 239 g/mol. The summed E-state index contributed by atoms with van der Waals surface area (Å²) in [4.78, 5) is 12.2. The molecule has 0 amide bonds. The van der Waals surface area contributed by atoms with Gasteiger partial charge in [-0.2, -0.15) is 0 Å². The molecule has 0 radical (unpaired) electrons. The molecule has 0 aromatic rings. The number of esters is 1. The fourth-order valence-electron chi connectivity index (χ4n) is 2.87. The summed E-state index contributed by atoms with van der Waals surface area (Å²) in [5.74, 6) is 0.760. The highest BCUT2D eigenvalue weighted by Crippen LogP contribution is 2.44. The summed E-state index contributed by atoms with van der Waals surface area (Å²) in [5, 5.41) is 3.52. The van der Waals surface area contributed by atoms with Crippen molar-refractivity contribution >= 4 is 5.97 Å². The van der Waals surface area contributed by atoms with Crippen LogP contribution in [0.3, 0.4) is 0 Å². The molecule has 0 aliphatic heterocycles. The molecule has 0 aromatic carbocycles. The highest BCUT2D eigenvalue weighted by molar-refractivity contribution is 5.81. The molecular formula is C14H25NO2. The van der Waals surface area contributed by atoms with Crippen molar-refractivity contribution in [3.05, 3.63) is 0 Å². The zero-order chi connectivity index (χ0) is 12.5. The lowest BCUT2D eigenvalue weighted by molar-refractivity contribution is -0.151. The summed E-state index contributed by atoms with van der Waals surface area (Å²) in [6.07, 6.45) is 5.56. The van der Waals surface area contributed by atoms with E-state index >= 15 is 0 Å². The minimum atomic E-state index is -0.401. The Hall–Kier alpha value is -0.570. The van der Waals surface area contributed by atoms with E-state index in [4.69, 9.17) is 4.74 Å². The molecule has 0 aromatic heterocycles. The van der Waals surface area contributed by atoms with Gasteiger partial charge in [0.2, 0.25) is 0 Å². The van der Waals surface area contributed by atoms with Gasteiger partial charge in [-0.05, 0) is 56.9 Å². The van der Waals surface area contributed by atoms with Crippen molar-refractivity contribution in [1.82, 2.24) is 5.32 Å². The largest absolute Gasteiger partial charge is 0.465 e. The maximum atomic E-state index is 12.2. The summed E-state index contributed by atoms with van der Waals surface area (Å²) in [7, 11) is 0. The molecule has 0 spiro atoms. The second-order valence-corrected chi connectivity index (χ2v) is 6.47. The van der Waals surface area contributed by atoms with E-state index in [0.717, 1.165) is 31.7 Å². The second-order valence-electron chi connectivity index (χ2n) is 6.47. The molecule has 1 N–H and O–H groups in total. The summed E-state index contributed by atoms with van der Waals surface area (Å²) >= 11 is 0. The molecule has 2 saturated carbocycles. The third kappa shape index (κ3) is 3.01. The van der Waals surface area contributed by atoms with Crippen LogP contribution >= 0.6 is 0 Å².